The second-order valence-electron chi connectivity index (χ2n) is 6.77. The summed E-state index contributed by atoms with van der Waals surface area (Å²) in [6.45, 7) is 3.53. The molecule has 6 nitrogen and oxygen atoms in total. The fraction of sp³-hybridized carbons (Fsp3) is 0.368. The molecule has 0 radical (unpaired) electrons. The Morgan fingerprint density at radius 3 is 2.52 bits per heavy atom. The van der Waals surface area contributed by atoms with Crippen molar-refractivity contribution in [3.05, 3.63) is 54.4 Å². The van der Waals surface area contributed by atoms with E-state index in [0.29, 0.717) is 31.5 Å². The molecule has 0 bridgehead atoms. The SMILES string of the molecule is O=C(O)N1C[C@@H]2CN(c3cncc(OCc4ccccc4)c3)C[C@@H]2C1. The Labute approximate surface area is 146 Å². The predicted octanol–water partition coefficient (Wildman–Crippen LogP) is 2.71. The molecule has 1 N–H and O–H groups in total. The normalized spacial score (nSPS) is 22.1. The number of carbonyl (C=O) groups is 1. The second-order valence-corrected chi connectivity index (χ2v) is 6.77. The molecule has 0 aliphatic carbocycles. The van der Waals surface area contributed by atoms with Crippen LogP contribution in [0.15, 0.2) is 48.8 Å². The number of ether oxygens (including phenoxy) is 1. The number of amides is 1. The molecular formula is C19H21N3O3. The molecule has 4 rings (SSSR count). The third-order valence-electron chi connectivity index (χ3n) is 5.07. The lowest BCUT2D eigenvalue weighted by molar-refractivity contribution is 0.153. The Morgan fingerprint density at radius 2 is 1.84 bits per heavy atom. The zero-order chi connectivity index (χ0) is 17.2. The lowest BCUT2D eigenvalue weighted by Crippen LogP contribution is -2.32. The van der Waals surface area contributed by atoms with Crippen molar-refractivity contribution in [3.8, 4) is 5.75 Å². The molecular weight excluding hydrogens is 318 g/mol. The number of nitrogens with zero attached hydrogens (tertiary/aromatic N) is 3. The van der Waals surface area contributed by atoms with Gasteiger partial charge in [-0.2, -0.15) is 0 Å². The summed E-state index contributed by atoms with van der Waals surface area (Å²) < 4.78 is 5.86. The molecule has 6 heteroatoms. The highest BCUT2D eigenvalue weighted by molar-refractivity contribution is 5.65. The number of fused-ring (bicyclic) bond motifs is 1. The number of likely N-dealkylation sites (tertiary alicyclic amines) is 1. The van der Waals surface area contributed by atoms with Crippen molar-refractivity contribution < 1.29 is 14.6 Å². The highest BCUT2D eigenvalue weighted by atomic mass is 16.5. The maximum absolute atomic E-state index is 11.1. The van der Waals surface area contributed by atoms with Gasteiger partial charge in [0.1, 0.15) is 12.4 Å². The molecule has 2 aliphatic heterocycles. The van der Waals surface area contributed by atoms with Gasteiger partial charge in [-0.15, -0.1) is 0 Å². The number of carboxylic acid groups (broad SMARTS) is 1. The van der Waals surface area contributed by atoms with E-state index in [9.17, 15) is 4.79 Å². The van der Waals surface area contributed by atoms with E-state index in [1.807, 2.05) is 42.6 Å². The molecule has 2 saturated heterocycles. The summed E-state index contributed by atoms with van der Waals surface area (Å²) in [7, 11) is 0. The van der Waals surface area contributed by atoms with E-state index in [4.69, 9.17) is 9.84 Å². The van der Waals surface area contributed by atoms with Crippen molar-refractivity contribution >= 4 is 11.8 Å². The number of hydrogen-bond acceptors (Lipinski definition) is 4. The van der Waals surface area contributed by atoms with Crippen molar-refractivity contribution in [2.75, 3.05) is 31.1 Å². The van der Waals surface area contributed by atoms with Gasteiger partial charge >= 0.3 is 6.09 Å². The van der Waals surface area contributed by atoms with Crippen LogP contribution in [-0.4, -0.2) is 47.3 Å². The number of pyridine rings is 1. The topological polar surface area (TPSA) is 65.9 Å². The summed E-state index contributed by atoms with van der Waals surface area (Å²) in [6.07, 6.45) is 2.78. The van der Waals surface area contributed by atoms with Crippen LogP contribution in [0.3, 0.4) is 0 Å². The van der Waals surface area contributed by atoms with Gasteiger partial charge in [0, 0.05) is 44.1 Å². The third kappa shape index (κ3) is 3.38. The van der Waals surface area contributed by atoms with Crippen LogP contribution < -0.4 is 9.64 Å². The van der Waals surface area contributed by atoms with E-state index in [-0.39, 0.29) is 0 Å². The number of hydrogen-bond donors (Lipinski definition) is 1. The van der Waals surface area contributed by atoms with Crippen LogP contribution in [0.1, 0.15) is 5.56 Å². The van der Waals surface area contributed by atoms with Crippen LogP contribution >= 0.6 is 0 Å². The maximum atomic E-state index is 11.1. The van der Waals surface area contributed by atoms with Gasteiger partial charge in [-0.05, 0) is 5.56 Å². The Bertz CT molecular complexity index is 739. The van der Waals surface area contributed by atoms with Crippen LogP contribution in [0.5, 0.6) is 5.75 Å². The largest absolute Gasteiger partial charge is 0.487 e. The van der Waals surface area contributed by atoms with Crippen LogP contribution in [0.25, 0.3) is 0 Å². The smallest absolute Gasteiger partial charge is 0.407 e. The Morgan fingerprint density at radius 1 is 1.12 bits per heavy atom. The molecule has 1 aromatic carbocycles. The molecule has 1 aromatic heterocycles. The summed E-state index contributed by atoms with van der Waals surface area (Å²) in [5, 5.41) is 9.13. The number of anilines is 1. The fourth-order valence-electron chi connectivity index (χ4n) is 3.76. The first kappa shape index (κ1) is 15.7. The second kappa shape index (κ2) is 6.63. The lowest BCUT2D eigenvalue weighted by atomic mass is 10.0. The minimum absolute atomic E-state index is 0.407. The summed E-state index contributed by atoms with van der Waals surface area (Å²) in [5.74, 6) is 1.57. The van der Waals surface area contributed by atoms with E-state index in [0.717, 1.165) is 30.1 Å². The minimum atomic E-state index is -0.807. The summed E-state index contributed by atoms with van der Waals surface area (Å²) in [4.78, 5) is 19.2. The van der Waals surface area contributed by atoms with Crippen LogP contribution in [0, 0.1) is 11.8 Å². The molecule has 130 valence electrons. The minimum Gasteiger partial charge on any atom is -0.487 e. The molecule has 0 spiro atoms. The van der Waals surface area contributed by atoms with Gasteiger partial charge in [0.2, 0.25) is 0 Å². The molecule has 0 unspecified atom stereocenters. The highest BCUT2D eigenvalue weighted by Crippen LogP contribution is 2.34. The van der Waals surface area contributed by atoms with Gasteiger partial charge in [-0.25, -0.2) is 4.79 Å². The van der Waals surface area contributed by atoms with Crippen molar-refractivity contribution in [2.45, 2.75) is 6.61 Å². The summed E-state index contributed by atoms with van der Waals surface area (Å²) in [6, 6.07) is 12.1. The third-order valence-corrected chi connectivity index (χ3v) is 5.07. The zero-order valence-electron chi connectivity index (χ0n) is 13.9. The average molecular weight is 339 g/mol. The quantitative estimate of drug-likeness (QED) is 0.928. The number of benzene rings is 1. The molecule has 2 fully saturated rings. The van der Waals surface area contributed by atoms with Crippen LogP contribution in [0.4, 0.5) is 10.5 Å². The first-order valence-corrected chi connectivity index (χ1v) is 8.53. The van der Waals surface area contributed by atoms with Crippen molar-refractivity contribution in [2.24, 2.45) is 11.8 Å². The average Bonchev–Trinajstić information content (AvgIpc) is 3.20. The zero-order valence-corrected chi connectivity index (χ0v) is 13.9. The number of aromatic nitrogens is 1. The van der Waals surface area contributed by atoms with Gasteiger partial charge in [-0.1, -0.05) is 30.3 Å². The Hall–Kier alpha value is -2.76. The Balaban J connectivity index is 1.39. The molecule has 2 aromatic rings. The highest BCUT2D eigenvalue weighted by Gasteiger charge is 2.41. The molecule has 2 aliphatic rings. The summed E-state index contributed by atoms with van der Waals surface area (Å²) >= 11 is 0. The van der Waals surface area contributed by atoms with Crippen LogP contribution in [-0.2, 0) is 6.61 Å². The van der Waals surface area contributed by atoms with E-state index < -0.39 is 6.09 Å². The van der Waals surface area contributed by atoms with Gasteiger partial charge in [-0.3, -0.25) is 4.98 Å². The molecule has 0 saturated carbocycles. The van der Waals surface area contributed by atoms with E-state index in [1.165, 1.54) is 4.90 Å². The first-order valence-electron chi connectivity index (χ1n) is 8.53. The molecule has 25 heavy (non-hydrogen) atoms. The lowest BCUT2D eigenvalue weighted by Gasteiger charge is -2.22. The molecule has 2 atom stereocenters. The molecule has 3 heterocycles. The molecule has 1 amide bonds. The summed E-state index contributed by atoms with van der Waals surface area (Å²) in [5.41, 5.74) is 2.17. The van der Waals surface area contributed by atoms with Crippen molar-refractivity contribution in [1.29, 1.82) is 0 Å². The van der Waals surface area contributed by atoms with E-state index >= 15 is 0 Å². The fourth-order valence-corrected chi connectivity index (χ4v) is 3.76. The van der Waals surface area contributed by atoms with Crippen molar-refractivity contribution in [1.82, 2.24) is 9.88 Å². The predicted molar refractivity (Wildman–Crippen MR) is 93.8 cm³/mol. The standard InChI is InChI=1S/C19H21N3O3/c23-19(24)22-11-15-9-21(10-16(15)12-22)17-6-18(8-20-7-17)25-13-14-4-2-1-3-5-14/h1-8,15-16H,9-13H2,(H,23,24)/t15-,16+. The monoisotopic (exact) mass is 339 g/mol. The first-order chi connectivity index (χ1) is 12.2. The van der Waals surface area contributed by atoms with Gasteiger partial charge in [0.05, 0.1) is 18.1 Å². The van der Waals surface area contributed by atoms with E-state index in [2.05, 4.69) is 9.88 Å². The van der Waals surface area contributed by atoms with Crippen LogP contribution in [0.2, 0.25) is 0 Å². The van der Waals surface area contributed by atoms with Gasteiger partial charge < -0.3 is 19.6 Å². The van der Waals surface area contributed by atoms with Gasteiger partial charge in [0.25, 0.3) is 0 Å². The number of rotatable bonds is 4. The van der Waals surface area contributed by atoms with Crippen molar-refractivity contribution in [3.63, 3.8) is 0 Å². The van der Waals surface area contributed by atoms with Gasteiger partial charge in [0.15, 0.2) is 0 Å². The Kier molecular flexibility index (Phi) is 4.17. The maximum Gasteiger partial charge on any atom is 0.407 e. The van der Waals surface area contributed by atoms with E-state index in [1.54, 1.807) is 6.20 Å².